The lowest BCUT2D eigenvalue weighted by molar-refractivity contribution is -0.140. The third-order valence-corrected chi connectivity index (χ3v) is 4.44. The third kappa shape index (κ3) is 3.57. The van der Waals surface area contributed by atoms with Crippen LogP contribution in [0.3, 0.4) is 0 Å². The Morgan fingerprint density at radius 2 is 1.86 bits per heavy atom. The predicted molar refractivity (Wildman–Crippen MR) is 72.2 cm³/mol. The van der Waals surface area contributed by atoms with E-state index in [0.717, 1.165) is 37.8 Å². The van der Waals surface area contributed by atoms with Gasteiger partial charge in [-0.3, -0.25) is 0 Å². The van der Waals surface area contributed by atoms with Gasteiger partial charge >= 0.3 is 6.18 Å². The average Bonchev–Trinajstić information content (AvgIpc) is 2.41. The molecule has 0 spiro atoms. The standard InChI is InChI=1S/C16H20F4O/c1-2-3-11-6-8-15(21,9-7-11)12-4-5-14(17)13(10-12)16(18,19)20/h4-5,10-11,21H,2-3,6-9H2,1H3. The monoisotopic (exact) mass is 304 g/mol. The molecule has 0 bridgehead atoms. The first-order valence-electron chi connectivity index (χ1n) is 7.36. The van der Waals surface area contributed by atoms with E-state index in [1.54, 1.807) is 0 Å². The first-order valence-corrected chi connectivity index (χ1v) is 7.36. The molecule has 1 N–H and O–H groups in total. The van der Waals surface area contributed by atoms with Crippen LogP contribution in [0.5, 0.6) is 0 Å². The lowest BCUT2D eigenvalue weighted by Crippen LogP contribution is -2.32. The Kier molecular flexibility index (Phi) is 4.61. The van der Waals surface area contributed by atoms with Crippen molar-refractivity contribution in [2.75, 3.05) is 0 Å². The maximum absolute atomic E-state index is 13.3. The summed E-state index contributed by atoms with van der Waals surface area (Å²) >= 11 is 0. The van der Waals surface area contributed by atoms with Crippen molar-refractivity contribution in [3.63, 3.8) is 0 Å². The molecule has 0 amide bonds. The molecule has 1 nitrogen and oxygen atoms in total. The summed E-state index contributed by atoms with van der Waals surface area (Å²) < 4.78 is 51.6. The molecule has 1 aliphatic rings. The maximum atomic E-state index is 13.3. The van der Waals surface area contributed by atoms with E-state index in [2.05, 4.69) is 6.92 Å². The van der Waals surface area contributed by atoms with Gasteiger partial charge in [0.05, 0.1) is 11.2 Å². The van der Waals surface area contributed by atoms with Gasteiger partial charge in [0.25, 0.3) is 0 Å². The molecule has 0 aliphatic heterocycles. The summed E-state index contributed by atoms with van der Waals surface area (Å²) in [6.45, 7) is 2.09. The summed E-state index contributed by atoms with van der Waals surface area (Å²) in [5.74, 6) is -0.771. The number of aliphatic hydroxyl groups is 1. The molecular weight excluding hydrogens is 284 g/mol. The fourth-order valence-corrected chi connectivity index (χ4v) is 3.17. The zero-order valence-corrected chi connectivity index (χ0v) is 12.0. The molecule has 1 fully saturated rings. The van der Waals surface area contributed by atoms with Crippen LogP contribution >= 0.6 is 0 Å². The van der Waals surface area contributed by atoms with Crippen LogP contribution in [0, 0.1) is 11.7 Å². The smallest absolute Gasteiger partial charge is 0.385 e. The van der Waals surface area contributed by atoms with Crippen LogP contribution in [0.4, 0.5) is 17.6 Å². The Labute approximate surface area is 122 Å². The van der Waals surface area contributed by atoms with Gasteiger partial charge in [0.1, 0.15) is 5.82 Å². The van der Waals surface area contributed by atoms with Gasteiger partial charge in [0, 0.05) is 0 Å². The van der Waals surface area contributed by atoms with E-state index >= 15 is 0 Å². The van der Waals surface area contributed by atoms with Crippen molar-refractivity contribution in [1.82, 2.24) is 0 Å². The van der Waals surface area contributed by atoms with Crippen LogP contribution in [0.2, 0.25) is 0 Å². The second kappa shape index (κ2) is 5.95. The molecule has 1 aliphatic carbocycles. The van der Waals surface area contributed by atoms with Crippen LogP contribution in [0.25, 0.3) is 0 Å². The number of rotatable bonds is 3. The van der Waals surface area contributed by atoms with Gasteiger partial charge in [0.15, 0.2) is 0 Å². The van der Waals surface area contributed by atoms with Crippen molar-refractivity contribution in [1.29, 1.82) is 0 Å². The van der Waals surface area contributed by atoms with Crippen molar-refractivity contribution in [2.24, 2.45) is 5.92 Å². The van der Waals surface area contributed by atoms with Crippen LogP contribution in [-0.4, -0.2) is 5.11 Å². The molecule has 5 heteroatoms. The zero-order chi connectivity index (χ0) is 15.7. The van der Waals surface area contributed by atoms with Gasteiger partial charge in [-0.25, -0.2) is 4.39 Å². The highest BCUT2D eigenvalue weighted by Gasteiger charge is 2.39. The minimum Gasteiger partial charge on any atom is -0.385 e. The van der Waals surface area contributed by atoms with Gasteiger partial charge in [-0.2, -0.15) is 13.2 Å². The highest BCUT2D eigenvalue weighted by molar-refractivity contribution is 5.31. The van der Waals surface area contributed by atoms with Crippen molar-refractivity contribution in [3.8, 4) is 0 Å². The van der Waals surface area contributed by atoms with Gasteiger partial charge in [-0.05, 0) is 49.3 Å². The van der Waals surface area contributed by atoms with Crippen molar-refractivity contribution in [2.45, 2.75) is 57.2 Å². The van der Waals surface area contributed by atoms with Gasteiger partial charge < -0.3 is 5.11 Å². The summed E-state index contributed by atoms with van der Waals surface area (Å²) in [7, 11) is 0. The van der Waals surface area contributed by atoms with Gasteiger partial charge in [-0.1, -0.05) is 25.8 Å². The first-order chi connectivity index (χ1) is 9.76. The predicted octanol–water partition coefficient (Wildman–Crippen LogP) is 5.02. The molecule has 0 saturated heterocycles. The number of hydrogen-bond acceptors (Lipinski definition) is 1. The topological polar surface area (TPSA) is 20.2 Å². The SMILES string of the molecule is CCCC1CCC(O)(c2ccc(F)c(C(F)(F)F)c2)CC1. The van der Waals surface area contributed by atoms with Gasteiger partial charge in [-0.15, -0.1) is 0 Å². The quantitative estimate of drug-likeness (QED) is 0.777. The summed E-state index contributed by atoms with van der Waals surface area (Å²) in [6.07, 6.45) is -0.144. The van der Waals surface area contributed by atoms with E-state index in [0.29, 0.717) is 18.8 Å². The van der Waals surface area contributed by atoms with Crippen molar-refractivity contribution < 1.29 is 22.7 Å². The van der Waals surface area contributed by atoms with E-state index in [1.807, 2.05) is 0 Å². The minimum atomic E-state index is -4.74. The molecule has 118 valence electrons. The molecule has 0 atom stereocenters. The Morgan fingerprint density at radius 1 is 1.24 bits per heavy atom. The number of alkyl halides is 3. The molecule has 1 saturated carbocycles. The van der Waals surface area contributed by atoms with Crippen LogP contribution in [0.15, 0.2) is 18.2 Å². The van der Waals surface area contributed by atoms with Crippen LogP contribution in [-0.2, 0) is 11.8 Å². The molecule has 0 radical (unpaired) electrons. The number of halogens is 4. The molecule has 0 heterocycles. The minimum absolute atomic E-state index is 0.172. The van der Waals surface area contributed by atoms with Gasteiger partial charge in [0.2, 0.25) is 0 Å². The van der Waals surface area contributed by atoms with Crippen molar-refractivity contribution >= 4 is 0 Å². The third-order valence-electron chi connectivity index (χ3n) is 4.44. The average molecular weight is 304 g/mol. The Morgan fingerprint density at radius 3 is 2.38 bits per heavy atom. The molecule has 0 unspecified atom stereocenters. The number of benzene rings is 1. The summed E-state index contributed by atoms with van der Waals surface area (Å²) in [5, 5.41) is 10.6. The molecule has 1 aromatic rings. The lowest BCUT2D eigenvalue weighted by atomic mass is 9.74. The normalized spacial score (nSPS) is 26.9. The van der Waals surface area contributed by atoms with E-state index in [1.165, 1.54) is 6.07 Å². The van der Waals surface area contributed by atoms with Crippen LogP contribution in [0.1, 0.15) is 56.6 Å². The number of hydrogen-bond donors (Lipinski definition) is 1. The fraction of sp³-hybridized carbons (Fsp3) is 0.625. The van der Waals surface area contributed by atoms with Crippen LogP contribution < -0.4 is 0 Å². The highest BCUT2D eigenvalue weighted by Crippen LogP contribution is 2.42. The molecule has 21 heavy (non-hydrogen) atoms. The second-order valence-corrected chi connectivity index (χ2v) is 5.96. The lowest BCUT2D eigenvalue weighted by Gasteiger charge is -2.36. The Bertz CT molecular complexity index is 488. The van der Waals surface area contributed by atoms with E-state index < -0.39 is 23.2 Å². The van der Waals surface area contributed by atoms with E-state index in [-0.39, 0.29) is 5.56 Å². The highest BCUT2D eigenvalue weighted by atomic mass is 19.4. The van der Waals surface area contributed by atoms with E-state index in [9.17, 15) is 22.7 Å². The first kappa shape index (κ1) is 16.3. The largest absolute Gasteiger partial charge is 0.419 e. The molecule has 2 rings (SSSR count). The summed E-state index contributed by atoms with van der Waals surface area (Å²) in [5.41, 5.74) is -2.40. The maximum Gasteiger partial charge on any atom is 0.419 e. The molecular formula is C16H20F4O. The fourth-order valence-electron chi connectivity index (χ4n) is 3.17. The zero-order valence-electron chi connectivity index (χ0n) is 12.0. The summed E-state index contributed by atoms with van der Waals surface area (Å²) in [6, 6.07) is 2.83. The van der Waals surface area contributed by atoms with Crippen molar-refractivity contribution in [3.05, 3.63) is 35.1 Å². The molecule has 1 aromatic carbocycles. The second-order valence-electron chi connectivity index (χ2n) is 5.96. The Hall–Kier alpha value is -1.10. The summed E-state index contributed by atoms with van der Waals surface area (Å²) in [4.78, 5) is 0. The molecule has 0 aromatic heterocycles. The Balaban J connectivity index is 2.22. The van der Waals surface area contributed by atoms with E-state index in [4.69, 9.17) is 0 Å².